The van der Waals surface area contributed by atoms with Gasteiger partial charge < -0.3 is 10.2 Å². The van der Waals surface area contributed by atoms with Crippen molar-refractivity contribution in [3.63, 3.8) is 0 Å². The number of amides is 1. The van der Waals surface area contributed by atoms with Gasteiger partial charge in [-0.2, -0.15) is 0 Å². The molecule has 19 heavy (non-hydrogen) atoms. The molecule has 0 aliphatic carbocycles. The molecule has 0 radical (unpaired) electrons. The Labute approximate surface area is 115 Å². The number of aromatic nitrogens is 1. The number of piperidine rings is 1. The van der Waals surface area contributed by atoms with E-state index < -0.39 is 0 Å². The molecule has 1 saturated heterocycles. The van der Waals surface area contributed by atoms with Crippen molar-refractivity contribution in [2.75, 3.05) is 26.7 Å². The Morgan fingerprint density at radius 1 is 1.47 bits per heavy atom. The molecule has 1 atom stereocenters. The number of aryl methyl sites for hydroxylation is 2. The summed E-state index contributed by atoms with van der Waals surface area (Å²) in [4.78, 5) is 18.6. The number of rotatable bonds is 3. The van der Waals surface area contributed by atoms with Crippen LogP contribution >= 0.6 is 0 Å². The van der Waals surface area contributed by atoms with Crippen LogP contribution in [0.4, 0.5) is 0 Å². The van der Waals surface area contributed by atoms with Crippen LogP contribution in [0.2, 0.25) is 0 Å². The maximum absolute atomic E-state index is 12.4. The van der Waals surface area contributed by atoms with Crippen LogP contribution in [0.3, 0.4) is 0 Å². The summed E-state index contributed by atoms with van der Waals surface area (Å²) in [7, 11) is 1.89. The van der Waals surface area contributed by atoms with E-state index in [1.165, 1.54) is 12.8 Å². The lowest BCUT2D eigenvalue weighted by molar-refractivity contribution is 0.0763. The number of pyridine rings is 1. The molecule has 2 rings (SSSR count). The monoisotopic (exact) mass is 261 g/mol. The number of carbonyl (C=O) groups is 1. The number of hydrogen-bond donors (Lipinski definition) is 1. The first-order valence-corrected chi connectivity index (χ1v) is 6.98. The molecule has 104 valence electrons. The molecule has 1 aromatic rings. The summed E-state index contributed by atoms with van der Waals surface area (Å²) in [5, 5.41) is 3.39. The normalized spacial score (nSPS) is 19.2. The zero-order valence-electron chi connectivity index (χ0n) is 12.1. The van der Waals surface area contributed by atoms with Gasteiger partial charge in [-0.05, 0) is 57.8 Å². The summed E-state index contributed by atoms with van der Waals surface area (Å²) in [5.74, 6) is 0.650. The molecule has 2 heterocycles. The third kappa shape index (κ3) is 3.53. The van der Waals surface area contributed by atoms with Crippen molar-refractivity contribution in [1.29, 1.82) is 0 Å². The molecule has 0 aromatic carbocycles. The van der Waals surface area contributed by atoms with Gasteiger partial charge in [0.05, 0.1) is 11.3 Å². The maximum atomic E-state index is 12.4. The van der Waals surface area contributed by atoms with E-state index in [0.717, 1.165) is 36.6 Å². The highest BCUT2D eigenvalue weighted by molar-refractivity contribution is 5.95. The largest absolute Gasteiger partial charge is 0.341 e. The predicted molar refractivity (Wildman–Crippen MR) is 76.3 cm³/mol. The predicted octanol–water partition coefficient (Wildman–Crippen LogP) is 1.77. The van der Waals surface area contributed by atoms with Gasteiger partial charge in [0.25, 0.3) is 5.91 Å². The summed E-state index contributed by atoms with van der Waals surface area (Å²) < 4.78 is 0. The molecule has 1 aliphatic heterocycles. The molecule has 0 saturated carbocycles. The molecular formula is C15H23N3O. The Morgan fingerprint density at radius 3 is 2.89 bits per heavy atom. The average molecular weight is 261 g/mol. The van der Waals surface area contributed by atoms with Crippen molar-refractivity contribution in [3.05, 3.63) is 29.1 Å². The second-order valence-corrected chi connectivity index (χ2v) is 5.48. The quantitative estimate of drug-likeness (QED) is 0.902. The Bertz CT molecular complexity index is 453. The Balaban J connectivity index is 2.01. The number of carbonyl (C=O) groups excluding carboxylic acids is 1. The van der Waals surface area contributed by atoms with E-state index in [4.69, 9.17) is 0 Å². The SMILES string of the molecule is Cc1ccc(C(=O)N(C)CC2CCCNC2)c(C)n1. The van der Waals surface area contributed by atoms with Crippen molar-refractivity contribution in [2.24, 2.45) is 5.92 Å². The molecule has 1 N–H and O–H groups in total. The standard InChI is InChI=1S/C15H23N3O/c1-11-6-7-14(12(2)17-11)15(19)18(3)10-13-5-4-8-16-9-13/h6-7,13,16H,4-5,8-10H2,1-3H3. The summed E-state index contributed by atoms with van der Waals surface area (Å²) in [6.07, 6.45) is 2.41. The third-order valence-corrected chi connectivity index (χ3v) is 3.73. The zero-order chi connectivity index (χ0) is 13.8. The van der Waals surface area contributed by atoms with Gasteiger partial charge in [-0.25, -0.2) is 0 Å². The second-order valence-electron chi connectivity index (χ2n) is 5.48. The topological polar surface area (TPSA) is 45.2 Å². The van der Waals surface area contributed by atoms with E-state index in [1.54, 1.807) is 0 Å². The van der Waals surface area contributed by atoms with E-state index in [1.807, 2.05) is 37.9 Å². The highest BCUT2D eigenvalue weighted by atomic mass is 16.2. The molecule has 1 unspecified atom stereocenters. The minimum absolute atomic E-state index is 0.0792. The van der Waals surface area contributed by atoms with Crippen LogP contribution in [0.25, 0.3) is 0 Å². The molecule has 4 nitrogen and oxygen atoms in total. The number of nitrogens with zero attached hydrogens (tertiary/aromatic N) is 2. The Hall–Kier alpha value is -1.42. The maximum Gasteiger partial charge on any atom is 0.255 e. The van der Waals surface area contributed by atoms with Crippen LogP contribution in [0.5, 0.6) is 0 Å². The van der Waals surface area contributed by atoms with E-state index in [-0.39, 0.29) is 5.91 Å². The van der Waals surface area contributed by atoms with Crippen molar-refractivity contribution < 1.29 is 4.79 Å². The van der Waals surface area contributed by atoms with Crippen molar-refractivity contribution in [3.8, 4) is 0 Å². The van der Waals surface area contributed by atoms with Crippen LogP contribution < -0.4 is 5.32 Å². The lowest BCUT2D eigenvalue weighted by atomic mass is 9.99. The van der Waals surface area contributed by atoms with Crippen molar-refractivity contribution in [1.82, 2.24) is 15.2 Å². The van der Waals surface area contributed by atoms with E-state index in [9.17, 15) is 4.79 Å². The zero-order valence-corrected chi connectivity index (χ0v) is 12.1. The first-order valence-electron chi connectivity index (χ1n) is 6.98. The van der Waals surface area contributed by atoms with E-state index in [2.05, 4.69) is 10.3 Å². The first-order chi connectivity index (χ1) is 9.08. The fraction of sp³-hybridized carbons (Fsp3) is 0.600. The fourth-order valence-electron chi connectivity index (χ4n) is 2.67. The molecular weight excluding hydrogens is 238 g/mol. The molecule has 1 fully saturated rings. The molecule has 1 aromatic heterocycles. The minimum Gasteiger partial charge on any atom is -0.341 e. The van der Waals surface area contributed by atoms with Gasteiger partial charge in [0.1, 0.15) is 0 Å². The second kappa shape index (κ2) is 6.15. The average Bonchev–Trinajstić information content (AvgIpc) is 2.39. The Kier molecular flexibility index (Phi) is 4.53. The van der Waals surface area contributed by atoms with Gasteiger partial charge in [0.15, 0.2) is 0 Å². The van der Waals surface area contributed by atoms with Gasteiger partial charge in [0, 0.05) is 19.3 Å². The highest BCUT2D eigenvalue weighted by Crippen LogP contribution is 2.14. The summed E-state index contributed by atoms with van der Waals surface area (Å²) in [6.45, 7) is 6.78. The molecule has 1 amide bonds. The Morgan fingerprint density at radius 2 is 2.26 bits per heavy atom. The molecule has 1 aliphatic rings. The third-order valence-electron chi connectivity index (χ3n) is 3.73. The van der Waals surface area contributed by atoms with Gasteiger partial charge in [-0.1, -0.05) is 0 Å². The van der Waals surface area contributed by atoms with Gasteiger partial charge in [0.2, 0.25) is 0 Å². The first kappa shape index (κ1) is 14.0. The van der Waals surface area contributed by atoms with Gasteiger partial charge in [-0.3, -0.25) is 9.78 Å². The molecule has 0 bridgehead atoms. The lowest BCUT2D eigenvalue weighted by Crippen LogP contribution is -2.39. The van der Waals surface area contributed by atoms with Crippen LogP contribution in [0.15, 0.2) is 12.1 Å². The van der Waals surface area contributed by atoms with E-state index in [0.29, 0.717) is 5.92 Å². The number of hydrogen-bond acceptors (Lipinski definition) is 3. The van der Waals surface area contributed by atoms with Crippen molar-refractivity contribution in [2.45, 2.75) is 26.7 Å². The summed E-state index contributed by atoms with van der Waals surface area (Å²) >= 11 is 0. The summed E-state index contributed by atoms with van der Waals surface area (Å²) in [5.41, 5.74) is 2.49. The van der Waals surface area contributed by atoms with Crippen LogP contribution in [0.1, 0.15) is 34.6 Å². The smallest absolute Gasteiger partial charge is 0.255 e. The van der Waals surface area contributed by atoms with Crippen LogP contribution in [0, 0.1) is 19.8 Å². The van der Waals surface area contributed by atoms with Gasteiger partial charge in [-0.15, -0.1) is 0 Å². The highest BCUT2D eigenvalue weighted by Gasteiger charge is 2.20. The minimum atomic E-state index is 0.0792. The summed E-state index contributed by atoms with van der Waals surface area (Å²) in [6, 6.07) is 3.78. The van der Waals surface area contributed by atoms with Gasteiger partial charge >= 0.3 is 0 Å². The van der Waals surface area contributed by atoms with Crippen LogP contribution in [-0.4, -0.2) is 42.5 Å². The molecule has 0 spiro atoms. The number of nitrogens with one attached hydrogen (secondary N) is 1. The van der Waals surface area contributed by atoms with E-state index >= 15 is 0 Å². The van der Waals surface area contributed by atoms with Crippen LogP contribution in [-0.2, 0) is 0 Å². The molecule has 4 heteroatoms. The van der Waals surface area contributed by atoms with Crippen molar-refractivity contribution >= 4 is 5.91 Å². The fourth-order valence-corrected chi connectivity index (χ4v) is 2.67. The lowest BCUT2D eigenvalue weighted by Gasteiger charge is -2.28.